The van der Waals surface area contributed by atoms with Gasteiger partial charge >= 0.3 is 0 Å². The molecule has 3 aliphatic rings. The number of nitrogens with one attached hydrogen (secondary N) is 5. The number of piperidine rings is 3. The number of aromatic hydroxyl groups is 1. The fourth-order valence-corrected chi connectivity index (χ4v) is 18.8. The van der Waals surface area contributed by atoms with Crippen molar-refractivity contribution in [1.82, 2.24) is 75.4 Å². The molecule has 0 saturated carbocycles. The normalized spacial score (nSPS) is 17.7. The molecule has 0 bridgehead atoms. The summed E-state index contributed by atoms with van der Waals surface area (Å²) in [5, 5.41) is 43.6. The molecule has 0 amide bonds. The number of aryl methyl sites for hydroxylation is 2. The molecule has 0 unspecified atom stereocenters. The van der Waals surface area contributed by atoms with Crippen LogP contribution in [0.4, 0.5) is 19.0 Å². The molecule has 0 atom stereocenters. The highest BCUT2D eigenvalue weighted by molar-refractivity contribution is 7.30. The Morgan fingerprint density at radius 2 is 1.12 bits per heavy atom. The third kappa shape index (κ3) is 12.8. The average Bonchev–Trinajstić information content (AvgIpc) is 1.77. The number of nitrogens with zero attached hydrogens (tertiary/aromatic N) is 12. The maximum absolute atomic E-state index is 14.9. The van der Waals surface area contributed by atoms with E-state index in [-0.39, 0.29) is 39.0 Å². The molecule has 6 N–H and O–H groups in total. The van der Waals surface area contributed by atoms with Crippen LogP contribution >= 0.6 is 56.7 Å². The van der Waals surface area contributed by atoms with Crippen LogP contribution in [0.5, 0.6) is 5.75 Å². The zero-order chi connectivity index (χ0) is 63.2. The predicted octanol–water partition coefficient (Wildman–Crippen LogP) is 14.8. The van der Waals surface area contributed by atoms with Crippen molar-refractivity contribution >= 4 is 102 Å². The topological polar surface area (TPSA) is 207 Å². The number of imidazole rings is 1. The lowest BCUT2D eigenvalue weighted by Crippen LogP contribution is -2.61. The second kappa shape index (κ2) is 23.9. The van der Waals surface area contributed by atoms with Crippen LogP contribution in [0.1, 0.15) is 111 Å². The summed E-state index contributed by atoms with van der Waals surface area (Å²) in [6.07, 6.45) is 19.6. The van der Waals surface area contributed by atoms with Crippen molar-refractivity contribution in [3.8, 4) is 59.6 Å². The van der Waals surface area contributed by atoms with E-state index in [1.807, 2.05) is 23.9 Å². The van der Waals surface area contributed by atoms with Crippen LogP contribution in [0.3, 0.4) is 0 Å². The van der Waals surface area contributed by atoms with Crippen molar-refractivity contribution < 1.29 is 13.9 Å². The van der Waals surface area contributed by atoms with Crippen LogP contribution in [0.25, 0.3) is 89.0 Å². The molecule has 470 valence electrons. The number of hydrogen-bond acceptors (Lipinski definition) is 19. The SMILES string of the molecule is CN(c1nc2sc(-c3ccc(-c4cn[nH]c4)c(F)c3F)nc2s1)C1CC(C)(C)NC(C)(C)C1.CN(c1nc2sc(-c3ccc(-c4cn[nH]c4)cc3O)nc2s1)C1CC(C)(C)NC(C)(C)C1.Cc1cc(-c2cn3cc(C4CCNCC4)nc3s2)cc2cn(C)nc12. The Bertz CT molecular complexity index is 4410. The van der Waals surface area contributed by atoms with Crippen LogP contribution in [0.15, 0.2) is 85.8 Å². The Morgan fingerprint density at radius 1 is 0.589 bits per heavy atom. The lowest BCUT2D eigenvalue weighted by molar-refractivity contribution is 0.160. The molecule has 0 aliphatic carbocycles. The lowest BCUT2D eigenvalue weighted by Gasteiger charge is -2.48. The first-order valence-electron chi connectivity index (χ1n) is 30.3. The third-order valence-corrected chi connectivity index (χ3v) is 22.6. The van der Waals surface area contributed by atoms with Crippen molar-refractivity contribution in [2.75, 3.05) is 37.0 Å². The second-order valence-corrected chi connectivity index (χ2v) is 31.8. The quantitative estimate of drug-likeness (QED) is 0.0754. The van der Waals surface area contributed by atoms with Gasteiger partial charge in [0.15, 0.2) is 46.2 Å². The van der Waals surface area contributed by atoms with Gasteiger partial charge in [0, 0.05) is 120 Å². The van der Waals surface area contributed by atoms with E-state index in [1.54, 1.807) is 53.3 Å². The molecule has 3 saturated heterocycles. The predicted molar refractivity (Wildman–Crippen MR) is 366 cm³/mol. The highest BCUT2D eigenvalue weighted by Gasteiger charge is 2.41. The van der Waals surface area contributed by atoms with Crippen LogP contribution in [0.2, 0.25) is 0 Å². The van der Waals surface area contributed by atoms with Crippen molar-refractivity contribution in [3.05, 3.63) is 109 Å². The van der Waals surface area contributed by atoms with Gasteiger partial charge in [-0.15, -0.1) is 0 Å². The van der Waals surface area contributed by atoms with Gasteiger partial charge in [-0.2, -0.15) is 15.3 Å². The number of thiazole rings is 5. The van der Waals surface area contributed by atoms with Gasteiger partial charge in [-0.1, -0.05) is 68.8 Å². The molecular formula is C65H75F2N17OS5. The zero-order valence-electron chi connectivity index (χ0n) is 52.6. The summed E-state index contributed by atoms with van der Waals surface area (Å²) < 4.78 is 33.7. The number of hydrogen-bond donors (Lipinski definition) is 6. The zero-order valence-corrected chi connectivity index (χ0v) is 56.7. The third-order valence-electron chi connectivity index (χ3n) is 17.3. The lowest BCUT2D eigenvalue weighted by atomic mass is 9.79. The Kier molecular flexibility index (Phi) is 16.4. The van der Waals surface area contributed by atoms with Crippen LogP contribution < -0.4 is 25.8 Å². The van der Waals surface area contributed by atoms with Gasteiger partial charge in [-0.25, -0.2) is 33.7 Å². The molecule has 18 nitrogen and oxygen atoms in total. The first kappa shape index (κ1) is 61.7. The molecule has 15 rings (SSSR count). The maximum atomic E-state index is 14.9. The van der Waals surface area contributed by atoms with E-state index in [1.165, 1.54) is 86.3 Å². The number of anilines is 2. The van der Waals surface area contributed by atoms with E-state index in [0.29, 0.717) is 28.6 Å². The number of fused-ring (bicyclic) bond motifs is 4. The summed E-state index contributed by atoms with van der Waals surface area (Å²) >= 11 is 7.69. The summed E-state index contributed by atoms with van der Waals surface area (Å²) in [7, 11) is 6.20. The van der Waals surface area contributed by atoms with E-state index < -0.39 is 11.6 Å². The number of benzene rings is 3. The minimum Gasteiger partial charge on any atom is -0.507 e. The van der Waals surface area contributed by atoms with E-state index in [0.717, 1.165) is 101 Å². The summed E-state index contributed by atoms with van der Waals surface area (Å²) in [6, 6.07) is 14.0. The van der Waals surface area contributed by atoms with Gasteiger partial charge in [0.05, 0.1) is 34.0 Å². The van der Waals surface area contributed by atoms with Gasteiger partial charge in [0.1, 0.15) is 15.8 Å². The van der Waals surface area contributed by atoms with Crippen molar-refractivity contribution in [1.29, 1.82) is 0 Å². The average molecular weight is 1310 g/mol. The van der Waals surface area contributed by atoms with Gasteiger partial charge in [-0.05, 0) is 161 Å². The minimum atomic E-state index is -0.911. The largest absolute Gasteiger partial charge is 0.507 e. The summed E-state index contributed by atoms with van der Waals surface area (Å²) in [5.74, 6) is -1.00. The van der Waals surface area contributed by atoms with E-state index in [9.17, 15) is 13.9 Å². The Balaban J connectivity index is 0.000000125. The summed E-state index contributed by atoms with van der Waals surface area (Å²) in [5.41, 5.74) is 8.41. The molecule has 12 aromatic rings. The van der Waals surface area contributed by atoms with Gasteiger partial charge in [-0.3, -0.25) is 19.3 Å². The fourth-order valence-electron chi connectivity index (χ4n) is 13.7. The highest BCUT2D eigenvalue weighted by atomic mass is 32.1. The first-order valence-corrected chi connectivity index (χ1v) is 34.4. The molecule has 9 aromatic heterocycles. The van der Waals surface area contributed by atoms with Crippen molar-refractivity contribution in [3.63, 3.8) is 0 Å². The van der Waals surface area contributed by atoms with Gasteiger partial charge in [0.2, 0.25) is 0 Å². The number of aromatic amines is 2. The van der Waals surface area contributed by atoms with Crippen LogP contribution in [0, 0.1) is 18.6 Å². The molecule has 25 heteroatoms. The molecule has 3 fully saturated rings. The number of H-pyrrole nitrogens is 2. The molecular weight excluding hydrogens is 1230 g/mol. The van der Waals surface area contributed by atoms with Crippen LogP contribution in [-0.2, 0) is 7.05 Å². The second-order valence-electron chi connectivity index (χ2n) is 26.9. The van der Waals surface area contributed by atoms with Gasteiger partial charge in [0.25, 0.3) is 0 Å². The van der Waals surface area contributed by atoms with Crippen molar-refractivity contribution in [2.45, 2.75) is 141 Å². The first-order chi connectivity index (χ1) is 42.8. The number of phenolic OH excluding ortho intramolecular Hbond substituents is 1. The maximum Gasteiger partial charge on any atom is 0.194 e. The Labute approximate surface area is 541 Å². The smallest absolute Gasteiger partial charge is 0.194 e. The molecule has 0 spiro atoms. The number of rotatable bonds is 10. The van der Waals surface area contributed by atoms with Crippen molar-refractivity contribution in [2.24, 2.45) is 7.05 Å². The number of aromatic nitrogens is 12. The van der Waals surface area contributed by atoms with E-state index in [2.05, 4.69) is 168 Å². The molecule has 90 heavy (non-hydrogen) atoms. The number of phenols is 1. The monoisotopic (exact) mass is 1310 g/mol. The molecule has 3 aromatic carbocycles. The standard InChI is InChI=1S/C23H26F2N6S2.C23H28N6OS2.C19H21N5S/c1-22(2)8-13(9-23(3,4)30-22)31(5)21-29-20-19(33-21)28-18(32-20)15-7-6-14(16(24)17(15)25)12-10-26-27-11-12;1-22(2)9-15(10-23(3,4)28-22)29(5)21-27-20-19(32-21)26-18(31-20)16-7-6-13(8-17(16)30)14-11-24-25-12-14;1-12-7-14(8-15-9-23(2)22-18(12)15)17-11-24-10-16(21-19(24)25-17)13-3-5-20-6-4-13/h6-7,10-11,13,30H,8-9H2,1-5H3,(H,26,27);6-8,11-12,15,28,30H,9-10H2,1-5H3,(H,24,25);7-11,13,20H,3-6H2,1-2H3. The van der Waals surface area contributed by atoms with Gasteiger partial charge < -0.3 is 30.9 Å². The summed E-state index contributed by atoms with van der Waals surface area (Å²) in [6.45, 7) is 22.3. The van der Waals surface area contributed by atoms with E-state index >= 15 is 0 Å². The highest BCUT2D eigenvalue weighted by Crippen LogP contribution is 2.44. The van der Waals surface area contributed by atoms with E-state index in [4.69, 9.17) is 19.9 Å². The minimum absolute atomic E-state index is 0.0327. The Morgan fingerprint density at radius 3 is 1.67 bits per heavy atom. The fraction of sp³-hybridized carbons (Fsp3) is 0.415. The molecule has 0 radical (unpaired) electrons. The molecule has 12 heterocycles. The summed E-state index contributed by atoms with van der Waals surface area (Å²) in [4.78, 5) is 34.2. The van der Waals surface area contributed by atoms with Crippen LogP contribution in [-0.4, -0.2) is 126 Å². The molecule has 3 aliphatic heterocycles. The number of halogens is 2. The Hall–Kier alpha value is -7.10.